The number of anilines is 2. The van der Waals surface area contributed by atoms with E-state index in [0.29, 0.717) is 5.69 Å². The zero-order valence-corrected chi connectivity index (χ0v) is 11.1. The molecule has 2 rings (SSSR count). The minimum absolute atomic E-state index is 0.398. The van der Waals surface area contributed by atoms with E-state index in [1.165, 1.54) is 12.8 Å². The van der Waals surface area contributed by atoms with Gasteiger partial charge < -0.3 is 21.1 Å². The van der Waals surface area contributed by atoms with Crippen molar-refractivity contribution in [2.24, 2.45) is 5.73 Å². The number of hydrogen-bond donors (Lipinski definition) is 3. The summed E-state index contributed by atoms with van der Waals surface area (Å²) >= 11 is 0. The number of carboxylic acids is 1. The van der Waals surface area contributed by atoms with E-state index in [-0.39, 0.29) is 0 Å². The Labute approximate surface area is 116 Å². The highest BCUT2D eigenvalue weighted by Gasteiger charge is 2.17. The summed E-state index contributed by atoms with van der Waals surface area (Å²) in [6, 6.07) is 2.51. The molecule has 4 N–H and O–H groups in total. The fraction of sp³-hybridized carbons (Fsp3) is 0.462. The number of aromatic nitrogens is 1. The molecule has 0 aliphatic carbocycles. The van der Waals surface area contributed by atoms with Gasteiger partial charge in [-0.25, -0.2) is 4.98 Å². The summed E-state index contributed by atoms with van der Waals surface area (Å²) in [6.07, 6.45) is 3.50. The Bertz CT molecular complexity index is 483. The summed E-state index contributed by atoms with van der Waals surface area (Å²) in [4.78, 5) is 28.6. The Morgan fingerprint density at radius 2 is 2.10 bits per heavy atom. The largest absolute Gasteiger partial charge is 0.481 e. The second kappa shape index (κ2) is 6.33. The first-order chi connectivity index (χ1) is 9.56. The molecule has 1 fully saturated rings. The van der Waals surface area contributed by atoms with E-state index in [0.717, 1.165) is 18.9 Å². The van der Waals surface area contributed by atoms with Crippen LogP contribution in [0.5, 0.6) is 0 Å². The molecular formula is C13H18N4O3. The Hall–Kier alpha value is -2.15. The van der Waals surface area contributed by atoms with Crippen molar-refractivity contribution >= 4 is 23.4 Å². The number of carbonyl (C=O) groups is 2. The average molecular weight is 278 g/mol. The maximum atomic E-state index is 11.7. The third-order valence-corrected chi connectivity index (χ3v) is 3.18. The van der Waals surface area contributed by atoms with Gasteiger partial charge in [0.05, 0.1) is 24.3 Å². The molecule has 0 bridgehead atoms. The lowest BCUT2D eigenvalue weighted by atomic mass is 10.2. The van der Waals surface area contributed by atoms with E-state index in [4.69, 9.17) is 10.8 Å². The summed E-state index contributed by atoms with van der Waals surface area (Å²) in [5.74, 6) is -0.742. The molecular weight excluding hydrogens is 260 g/mol. The number of pyridine rings is 1. The predicted molar refractivity (Wildman–Crippen MR) is 74.5 cm³/mol. The number of nitrogens with one attached hydrogen (secondary N) is 1. The smallest absolute Gasteiger partial charge is 0.305 e. The molecule has 20 heavy (non-hydrogen) atoms. The summed E-state index contributed by atoms with van der Waals surface area (Å²) in [6.45, 7) is 2.00. The molecule has 7 nitrogen and oxygen atoms in total. The first kappa shape index (κ1) is 14.3. The monoisotopic (exact) mass is 278 g/mol. The van der Waals surface area contributed by atoms with Crippen LogP contribution in [0.3, 0.4) is 0 Å². The fourth-order valence-corrected chi connectivity index (χ4v) is 2.11. The van der Waals surface area contributed by atoms with Crippen LogP contribution in [-0.2, 0) is 9.59 Å². The van der Waals surface area contributed by atoms with Crippen LogP contribution < -0.4 is 16.0 Å². The maximum absolute atomic E-state index is 11.7. The molecule has 0 radical (unpaired) electrons. The van der Waals surface area contributed by atoms with Crippen molar-refractivity contribution in [1.82, 2.24) is 4.98 Å². The van der Waals surface area contributed by atoms with Crippen molar-refractivity contribution in [3.8, 4) is 0 Å². The van der Waals surface area contributed by atoms with E-state index in [2.05, 4.69) is 15.2 Å². The van der Waals surface area contributed by atoms with Crippen molar-refractivity contribution in [2.75, 3.05) is 23.3 Å². The predicted octanol–water partition coefficient (Wildman–Crippen LogP) is 0.422. The molecule has 1 atom stereocenters. The number of amides is 1. The lowest BCUT2D eigenvalue weighted by Gasteiger charge is -2.16. The average Bonchev–Trinajstić information content (AvgIpc) is 2.92. The van der Waals surface area contributed by atoms with Crippen LogP contribution >= 0.6 is 0 Å². The number of carboxylic acid groups (broad SMARTS) is 1. The van der Waals surface area contributed by atoms with E-state index in [1.54, 1.807) is 12.3 Å². The second-order valence-corrected chi connectivity index (χ2v) is 4.79. The van der Waals surface area contributed by atoms with Gasteiger partial charge in [0.25, 0.3) is 0 Å². The Kier molecular flexibility index (Phi) is 4.52. The van der Waals surface area contributed by atoms with Crippen LogP contribution in [0, 0.1) is 0 Å². The van der Waals surface area contributed by atoms with Crippen LogP contribution in [0.25, 0.3) is 0 Å². The van der Waals surface area contributed by atoms with Gasteiger partial charge in [-0.1, -0.05) is 0 Å². The van der Waals surface area contributed by atoms with E-state index in [9.17, 15) is 9.59 Å². The standard InChI is InChI=1S/C13H18N4O3/c14-10(7-12(18)19)13(20)16-9-3-4-11(15-8-9)17-5-1-2-6-17/h3-4,8,10H,1-2,5-7,14H2,(H,16,20)(H,18,19). The van der Waals surface area contributed by atoms with Gasteiger partial charge in [0.2, 0.25) is 5.91 Å². The summed E-state index contributed by atoms with van der Waals surface area (Å²) < 4.78 is 0. The number of aliphatic carboxylic acids is 1. The lowest BCUT2D eigenvalue weighted by molar-refractivity contribution is -0.138. The highest BCUT2D eigenvalue weighted by atomic mass is 16.4. The quantitative estimate of drug-likeness (QED) is 0.720. The van der Waals surface area contributed by atoms with Gasteiger partial charge >= 0.3 is 5.97 Å². The molecule has 2 heterocycles. The normalized spacial score (nSPS) is 15.9. The van der Waals surface area contributed by atoms with Crippen LogP contribution in [-0.4, -0.2) is 41.1 Å². The van der Waals surface area contributed by atoms with Crippen molar-refractivity contribution in [3.63, 3.8) is 0 Å². The number of nitrogens with two attached hydrogens (primary N) is 1. The molecule has 108 valence electrons. The van der Waals surface area contributed by atoms with Crippen LogP contribution in [0.1, 0.15) is 19.3 Å². The number of nitrogens with zero attached hydrogens (tertiary/aromatic N) is 2. The second-order valence-electron chi connectivity index (χ2n) is 4.79. The van der Waals surface area contributed by atoms with Crippen molar-refractivity contribution < 1.29 is 14.7 Å². The first-order valence-electron chi connectivity index (χ1n) is 6.55. The highest BCUT2D eigenvalue weighted by Crippen LogP contribution is 2.19. The van der Waals surface area contributed by atoms with Crippen LogP contribution in [0.4, 0.5) is 11.5 Å². The molecule has 1 aliphatic rings. The van der Waals surface area contributed by atoms with Gasteiger partial charge in [0.1, 0.15) is 5.82 Å². The van der Waals surface area contributed by atoms with Gasteiger partial charge in [-0.15, -0.1) is 0 Å². The zero-order valence-electron chi connectivity index (χ0n) is 11.1. The van der Waals surface area contributed by atoms with Gasteiger partial charge in [-0.2, -0.15) is 0 Å². The minimum atomic E-state index is -1.10. The zero-order chi connectivity index (χ0) is 14.5. The van der Waals surface area contributed by atoms with Gasteiger partial charge in [0, 0.05) is 13.1 Å². The molecule has 0 aromatic carbocycles. The molecule has 1 unspecified atom stereocenters. The molecule has 1 aliphatic heterocycles. The Morgan fingerprint density at radius 1 is 1.40 bits per heavy atom. The van der Waals surface area contributed by atoms with Crippen LogP contribution in [0.15, 0.2) is 18.3 Å². The molecule has 1 amide bonds. The van der Waals surface area contributed by atoms with Crippen LogP contribution in [0.2, 0.25) is 0 Å². The topological polar surface area (TPSA) is 109 Å². The van der Waals surface area contributed by atoms with Gasteiger partial charge in [0.15, 0.2) is 0 Å². The third-order valence-electron chi connectivity index (χ3n) is 3.18. The molecule has 1 saturated heterocycles. The highest BCUT2D eigenvalue weighted by molar-refractivity contribution is 5.96. The van der Waals surface area contributed by atoms with Crippen molar-refractivity contribution in [2.45, 2.75) is 25.3 Å². The summed E-state index contributed by atoms with van der Waals surface area (Å²) in [5, 5.41) is 11.1. The van der Waals surface area contributed by atoms with Gasteiger partial charge in [-0.3, -0.25) is 9.59 Å². The molecule has 7 heteroatoms. The maximum Gasteiger partial charge on any atom is 0.305 e. The van der Waals surface area contributed by atoms with Crippen molar-refractivity contribution in [1.29, 1.82) is 0 Å². The van der Waals surface area contributed by atoms with E-state index < -0.39 is 24.3 Å². The minimum Gasteiger partial charge on any atom is -0.481 e. The Balaban J connectivity index is 1.93. The number of hydrogen-bond acceptors (Lipinski definition) is 5. The summed E-state index contributed by atoms with van der Waals surface area (Å²) in [5.41, 5.74) is 5.99. The van der Waals surface area contributed by atoms with E-state index in [1.807, 2.05) is 6.07 Å². The first-order valence-corrected chi connectivity index (χ1v) is 6.55. The SMILES string of the molecule is NC(CC(=O)O)C(=O)Nc1ccc(N2CCCC2)nc1. The molecule has 0 saturated carbocycles. The molecule has 0 spiro atoms. The molecule has 1 aromatic rings. The van der Waals surface area contributed by atoms with Crippen molar-refractivity contribution in [3.05, 3.63) is 18.3 Å². The Morgan fingerprint density at radius 3 is 2.65 bits per heavy atom. The van der Waals surface area contributed by atoms with E-state index >= 15 is 0 Å². The number of carbonyl (C=O) groups excluding carboxylic acids is 1. The van der Waals surface area contributed by atoms with Gasteiger partial charge in [-0.05, 0) is 25.0 Å². The molecule has 1 aromatic heterocycles. The fourth-order valence-electron chi connectivity index (χ4n) is 2.11. The number of rotatable bonds is 5. The third kappa shape index (κ3) is 3.67. The summed E-state index contributed by atoms with van der Waals surface area (Å²) in [7, 11) is 0. The lowest BCUT2D eigenvalue weighted by Crippen LogP contribution is -2.37.